The molecule has 3 rings (SSSR count). The van der Waals surface area contributed by atoms with Crippen LogP contribution in [0.2, 0.25) is 0 Å². The smallest absolute Gasteiger partial charge is 0.309 e. The van der Waals surface area contributed by atoms with Crippen LogP contribution in [-0.2, 0) is 9.53 Å². The van der Waals surface area contributed by atoms with Gasteiger partial charge in [0.25, 0.3) is 0 Å². The molecule has 0 bridgehead atoms. The zero-order valence-electron chi connectivity index (χ0n) is 16.6. The summed E-state index contributed by atoms with van der Waals surface area (Å²) in [6.45, 7) is 8.97. The molecule has 27 heavy (non-hydrogen) atoms. The van der Waals surface area contributed by atoms with Crippen LogP contribution >= 0.6 is 0 Å². The lowest BCUT2D eigenvalue weighted by molar-refractivity contribution is -0.156. The molecule has 4 heteroatoms. The van der Waals surface area contributed by atoms with Crippen molar-refractivity contribution in [3.63, 3.8) is 0 Å². The fraction of sp³-hybridized carbons (Fsp3) is 0.522. The summed E-state index contributed by atoms with van der Waals surface area (Å²) in [5, 5.41) is 9.83. The molecule has 1 aliphatic carbocycles. The number of allylic oxidation sites excluding steroid dienone is 3. The Morgan fingerprint density at radius 1 is 1.19 bits per heavy atom. The van der Waals surface area contributed by atoms with Gasteiger partial charge in [-0.1, -0.05) is 45.9 Å². The number of halogens is 1. The van der Waals surface area contributed by atoms with Gasteiger partial charge in [-0.05, 0) is 58.6 Å². The van der Waals surface area contributed by atoms with Crippen LogP contribution in [0, 0.1) is 16.6 Å². The van der Waals surface area contributed by atoms with Gasteiger partial charge in [-0.25, -0.2) is 4.39 Å². The number of esters is 1. The third kappa shape index (κ3) is 4.67. The number of carbonyl (C=O) groups excluding carboxylic acids is 1. The second-order valence-electron chi connectivity index (χ2n) is 9.28. The predicted octanol–water partition coefficient (Wildman–Crippen LogP) is 5.05. The topological polar surface area (TPSA) is 46.5 Å². The summed E-state index contributed by atoms with van der Waals surface area (Å²) in [6.07, 6.45) is 5.29. The molecule has 2 atom stereocenters. The average molecular weight is 372 g/mol. The number of hydrogen-bond acceptors (Lipinski definition) is 3. The van der Waals surface area contributed by atoms with Crippen molar-refractivity contribution in [2.45, 2.75) is 65.6 Å². The van der Waals surface area contributed by atoms with E-state index >= 15 is 0 Å². The molecule has 146 valence electrons. The summed E-state index contributed by atoms with van der Waals surface area (Å²) in [5.41, 5.74) is 3.48. The van der Waals surface area contributed by atoms with Gasteiger partial charge in [0, 0.05) is 6.42 Å². The number of cyclic esters (lactones) is 1. The summed E-state index contributed by atoms with van der Waals surface area (Å²) in [6, 6.07) is 6.66. The van der Waals surface area contributed by atoms with Crippen molar-refractivity contribution in [2.24, 2.45) is 10.8 Å². The maximum Gasteiger partial charge on any atom is 0.309 e. The Morgan fingerprint density at radius 3 is 2.48 bits per heavy atom. The first-order chi connectivity index (χ1) is 12.6. The maximum absolute atomic E-state index is 13.4. The quantitative estimate of drug-likeness (QED) is 0.756. The van der Waals surface area contributed by atoms with Crippen LogP contribution in [0.1, 0.15) is 58.9 Å². The van der Waals surface area contributed by atoms with E-state index < -0.39 is 12.2 Å². The predicted molar refractivity (Wildman–Crippen MR) is 104 cm³/mol. The van der Waals surface area contributed by atoms with Crippen molar-refractivity contribution in [1.29, 1.82) is 0 Å². The van der Waals surface area contributed by atoms with Crippen molar-refractivity contribution in [1.82, 2.24) is 0 Å². The van der Waals surface area contributed by atoms with E-state index in [0.29, 0.717) is 6.42 Å². The monoisotopic (exact) mass is 372 g/mol. The highest BCUT2D eigenvalue weighted by Gasteiger charge is 2.38. The summed E-state index contributed by atoms with van der Waals surface area (Å²) in [5.74, 6) is -0.603. The van der Waals surface area contributed by atoms with Gasteiger partial charge >= 0.3 is 5.97 Å². The normalized spacial score (nSPS) is 27.7. The van der Waals surface area contributed by atoms with Gasteiger partial charge in [0.15, 0.2) is 0 Å². The molecule has 1 aromatic carbocycles. The SMILES string of the molecule is CC1(C)CC(c2ccc(F)cc2)=C(C=C[C@H]2C[C@H](O)CC(=O)O2)C(C)(C)C1. The zero-order valence-corrected chi connectivity index (χ0v) is 16.6. The molecule has 1 aromatic rings. The zero-order chi connectivity index (χ0) is 19.8. The lowest BCUT2D eigenvalue weighted by atomic mass is 9.61. The van der Waals surface area contributed by atoms with Gasteiger partial charge in [-0.15, -0.1) is 0 Å². The van der Waals surface area contributed by atoms with Crippen LogP contribution in [0.4, 0.5) is 4.39 Å². The van der Waals surface area contributed by atoms with E-state index in [9.17, 15) is 14.3 Å². The first-order valence-corrected chi connectivity index (χ1v) is 9.61. The van der Waals surface area contributed by atoms with Crippen LogP contribution in [0.3, 0.4) is 0 Å². The molecule has 3 nitrogen and oxygen atoms in total. The highest BCUT2D eigenvalue weighted by Crippen LogP contribution is 2.52. The molecule has 0 aromatic heterocycles. The standard InChI is InChI=1S/C23H29FO3/c1-22(2)13-19(15-5-7-16(24)8-6-15)20(23(3,4)14-22)10-9-18-11-17(25)12-21(26)27-18/h5-10,17-18,25H,11-14H2,1-4H3/t17-,18-/m0/s1. The lowest BCUT2D eigenvalue weighted by Gasteiger charge is -2.43. The number of aliphatic hydroxyl groups is 1. The van der Waals surface area contributed by atoms with E-state index in [1.165, 1.54) is 23.3 Å². The fourth-order valence-electron chi connectivity index (χ4n) is 4.70. The second-order valence-corrected chi connectivity index (χ2v) is 9.28. The Bertz CT molecular complexity index is 771. The van der Waals surface area contributed by atoms with Crippen LogP contribution < -0.4 is 0 Å². The van der Waals surface area contributed by atoms with Crippen LogP contribution in [0.5, 0.6) is 0 Å². The molecule has 1 saturated heterocycles. The minimum Gasteiger partial charge on any atom is -0.458 e. The summed E-state index contributed by atoms with van der Waals surface area (Å²) in [7, 11) is 0. The minimum atomic E-state index is -0.648. The molecule has 0 unspecified atom stereocenters. The van der Waals surface area contributed by atoms with E-state index in [2.05, 4.69) is 27.7 Å². The van der Waals surface area contributed by atoms with E-state index in [4.69, 9.17) is 4.74 Å². The van der Waals surface area contributed by atoms with Crippen molar-refractivity contribution in [3.8, 4) is 0 Å². The van der Waals surface area contributed by atoms with E-state index in [0.717, 1.165) is 18.4 Å². The highest BCUT2D eigenvalue weighted by atomic mass is 19.1. The maximum atomic E-state index is 13.4. The van der Waals surface area contributed by atoms with Crippen molar-refractivity contribution < 1.29 is 19.0 Å². The molecule has 2 aliphatic rings. The third-order valence-corrected chi connectivity index (χ3v) is 5.49. The Morgan fingerprint density at radius 2 is 1.85 bits per heavy atom. The van der Waals surface area contributed by atoms with Gasteiger partial charge in [0.05, 0.1) is 12.5 Å². The lowest BCUT2D eigenvalue weighted by Crippen LogP contribution is -2.32. The number of benzene rings is 1. The van der Waals surface area contributed by atoms with Gasteiger partial charge < -0.3 is 9.84 Å². The summed E-state index contributed by atoms with van der Waals surface area (Å²) < 4.78 is 18.8. The molecule has 1 heterocycles. The van der Waals surface area contributed by atoms with Crippen LogP contribution in [0.25, 0.3) is 5.57 Å². The molecule has 0 saturated carbocycles. The van der Waals surface area contributed by atoms with Crippen molar-refractivity contribution in [3.05, 3.63) is 53.4 Å². The summed E-state index contributed by atoms with van der Waals surface area (Å²) in [4.78, 5) is 11.6. The van der Waals surface area contributed by atoms with E-state index in [1.807, 2.05) is 24.3 Å². The van der Waals surface area contributed by atoms with Crippen LogP contribution in [-0.4, -0.2) is 23.3 Å². The molecule has 0 radical (unpaired) electrons. The van der Waals surface area contributed by atoms with Gasteiger partial charge in [-0.3, -0.25) is 4.79 Å². The van der Waals surface area contributed by atoms with Gasteiger partial charge in [0.1, 0.15) is 11.9 Å². The van der Waals surface area contributed by atoms with E-state index in [-0.39, 0.29) is 29.0 Å². The number of hydrogen-bond donors (Lipinski definition) is 1. The number of aliphatic hydroxyl groups excluding tert-OH is 1. The number of rotatable bonds is 3. The number of ether oxygens (including phenoxy) is 1. The number of carbonyl (C=O) groups is 1. The fourth-order valence-corrected chi connectivity index (χ4v) is 4.70. The summed E-state index contributed by atoms with van der Waals surface area (Å²) >= 11 is 0. The second kappa shape index (κ2) is 7.23. The molecular formula is C23H29FO3. The molecule has 0 amide bonds. The Labute approximate surface area is 160 Å². The first kappa shape index (κ1) is 19.8. The molecular weight excluding hydrogens is 343 g/mol. The minimum absolute atomic E-state index is 0.0630. The molecule has 1 fully saturated rings. The molecule has 1 aliphatic heterocycles. The molecule has 0 spiro atoms. The first-order valence-electron chi connectivity index (χ1n) is 9.61. The van der Waals surface area contributed by atoms with Crippen molar-refractivity contribution >= 4 is 11.5 Å². The average Bonchev–Trinajstić information content (AvgIpc) is 2.51. The van der Waals surface area contributed by atoms with Gasteiger partial charge in [0.2, 0.25) is 0 Å². The molecule has 1 N–H and O–H groups in total. The van der Waals surface area contributed by atoms with Gasteiger partial charge in [-0.2, -0.15) is 0 Å². The van der Waals surface area contributed by atoms with Crippen molar-refractivity contribution in [2.75, 3.05) is 0 Å². The third-order valence-electron chi connectivity index (χ3n) is 5.49. The Hall–Kier alpha value is -1.94. The Kier molecular flexibility index (Phi) is 5.31. The Balaban J connectivity index is 2.00. The van der Waals surface area contributed by atoms with E-state index in [1.54, 1.807) is 0 Å². The largest absolute Gasteiger partial charge is 0.458 e. The highest BCUT2D eigenvalue weighted by molar-refractivity contribution is 5.74. The van der Waals surface area contributed by atoms with Crippen LogP contribution in [0.15, 0.2) is 42.0 Å².